The van der Waals surface area contributed by atoms with Gasteiger partial charge in [-0.2, -0.15) is 5.26 Å². The SMILES string of the molecule is CCOP(=O)(OCC)/C(C#N)=N\OC(=O)Nc1cccc(Cl)c1. The molecule has 0 aliphatic rings. The largest absolute Gasteiger partial charge is 0.437 e. The molecule has 1 aromatic rings. The van der Waals surface area contributed by atoms with Gasteiger partial charge in [-0.1, -0.05) is 22.8 Å². The maximum absolute atomic E-state index is 12.3. The smallest absolute Gasteiger partial charge is 0.304 e. The minimum Gasteiger partial charge on any atom is -0.304 e. The summed E-state index contributed by atoms with van der Waals surface area (Å²) in [7, 11) is -3.91. The van der Waals surface area contributed by atoms with E-state index in [0.717, 1.165) is 0 Å². The highest BCUT2D eigenvalue weighted by Gasteiger charge is 2.33. The van der Waals surface area contributed by atoms with E-state index in [1.807, 2.05) is 0 Å². The van der Waals surface area contributed by atoms with Gasteiger partial charge < -0.3 is 9.05 Å². The average Bonchev–Trinajstić information content (AvgIpc) is 2.48. The maximum Gasteiger partial charge on any atom is 0.437 e. The first-order chi connectivity index (χ1) is 10.9. The van der Waals surface area contributed by atoms with Crippen molar-refractivity contribution < 1.29 is 23.2 Å². The number of hydrogen-bond acceptors (Lipinski definition) is 7. The van der Waals surface area contributed by atoms with E-state index in [0.29, 0.717) is 10.7 Å². The molecule has 1 rings (SSSR count). The van der Waals surface area contributed by atoms with Crippen LogP contribution in [-0.4, -0.2) is 24.8 Å². The van der Waals surface area contributed by atoms with E-state index in [1.54, 1.807) is 38.1 Å². The molecular weight excluding hydrogens is 345 g/mol. The second-order valence-electron chi connectivity index (χ2n) is 3.87. The van der Waals surface area contributed by atoms with Crippen LogP contribution in [-0.2, 0) is 18.5 Å². The van der Waals surface area contributed by atoms with Crippen LogP contribution in [0.4, 0.5) is 10.5 Å². The molecule has 0 spiro atoms. The highest BCUT2D eigenvalue weighted by atomic mass is 35.5. The molecule has 0 atom stereocenters. The summed E-state index contributed by atoms with van der Waals surface area (Å²) >= 11 is 5.77. The van der Waals surface area contributed by atoms with Gasteiger partial charge in [-0.15, -0.1) is 0 Å². The Labute approximate surface area is 138 Å². The summed E-state index contributed by atoms with van der Waals surface area (Å²) in [5, 5.41) is 15.0. The zero-order chi connectivity index (χ0) is 17.3. The molecule has 0 aliphatic carbocycles. The van der Waals surface area contributed by atoms with Gasteiger partial charge in [0.05, 0.1) is 13.2 Å². The van der Waals surface area contributed by atoms with E-state index < -0.39 is 19.1 Å². The Bertz CT molecular complexity index is 664. The molecule has 0 aromatic heterocycles. The minimum absolute atomic E-state index is 0.0344. The maximum atomic E-state index is 12.3. The zero-order valence-corrected chi connectivity index (χ0v) is 14.1. The van der Waals surface area contributed by atoms with Crippen molar-refractivity contribution >= 4 is 36.4 Å². The normalized spacial score (nSPS) is 11.7. The van der Waals surface area contributed by atoms with Gasteiger partial charge in [-0.3, -0.25) is 14.7 Å². The third kappa shape index (κ3) is 6.00. The van der Waals surface area contributed by atoms with Crippen LogP contribution < -0.4 is 5.32 Å². The summed E-state index contributed by atoms with van der Waals surface area (Å²) in [6.45, 7) is 3.22. The number of nitrogens with one attached hydrogen (secondary N) is 1. The van der Waals surface area contributed by atoms with Crippen molar-refractivity contribution in [2.45, 2.75) is 13.8 Å². The molecule has 0 saturated carbocycles. The lowest BCUT2D eigenvalue weighted by molar-refractivity contribution is 0.166. The van der Waals surface area contributed by atoms with Crippen LogP contribution in [0.1, 0.15) is 13.8 Å². The average molecular weight is 360 g/mol. The number of rotatable bonds is 7. The van der Waals surface area contributed by atoms with Crippen LogP contribution in [0.5, 0.6) is 0 Å². The van der Waals surface area contributed by atoms with Crippen LogP contribution in [0.25, 0.3) is 0 Å². The van der Waals surface area contributed by atoms with Gasteiger partial charge in [-0.05, 0) is 32.0 Å². The first-order valence-corrected chi connectivity index (χ1v) is 8.48. The number of hydrogen-bond donors (Lipinski definition) is 1. The van der Waals surface area contributed by atoms with Crippen LogP contribution in [0, 0.1) is 11.3 Å². The van der Waals surface area contributed by atoms with Crippen LogP contribution in [0.3, 0.4) is 0 Å². The van der Waals surface area contributed by atoms with Crippen molar-refractivity contribution in [3.63, 3.8) is 0 Å². The van der Waals surface area contributed by atoms with E-state index in [1.165, 1.54) is 6.07 Å². The molecule has 1 N–H and O–H groups in total. The molecule has 124 valence electrons. The van der Waals surface area contributed by atoms with Crippen LogP contribution in [0.2, 0.25) is 5.02 Å². The standard InChI is InChI=1S/C13H15ClN3O5P/c1-3-20-23(19,21-4-2)12(9-15)17-22-13(18)16-11-7-5-6-10(14)8-11/h5-8H,3-4H2,1-2H3,(H,16,18)/b17-12-. The molecule has 0 unspecified atom stereocenters. The predicted octanol–water partition coefficient (Wildman–Crippen LogP) is 3.99. The second kappa shape index (κ2) is 9.28. The second-order valence-corrected chi connectivity index (χ2v) is 6.25. The number of carbonyl (C=O) groups is 1. The van der Waals surface area contributed by atoms with E-state index in [4.69, 9.17) is 25.9 Å². The van der Waals surface area contributed by atoms with Gasteiger partial charge >= 0.3 is 13.7 Å². The lowest BCUT2D eigenvalue weighted by atomic mass is 10.3. The lowest BCUT2D eigenvalue weighted by Crippen LogP contribution is -2.13. The van der Waals surface area contributed by atoms with Gasteiger partial charge in [-0.25, -0.2) is 4.79 Å². The molecule has 0 aliphatic heterocycles. The van der Waals surface area contributed by atoms with E-state index in [9.17, 15) is 9.36 Å². The number of benzene rings is 1. The zero-order valence-electron chi connectivity index (χ0n) is 12.5. The van der Waals surface area contributed by atoms with Crippen molar-refractivity contribution in [3.05, 3.63) is 29.3 Å². The minimum atomic E-state index is -3.91. The molecule has 0 fully saturated rings. The topological polar surface area (TPSA) is 110 Å². The fraction of sp³-hybridized carbons (Fsp3) is 0.308. The van der Waals surface area contributed by atoms with Crippen molar-refractivity contribution in [2.24, 2.45) is 5.16 Å². The van der Waals surface area contributed by atoms with Gasteiger partial charge in [0.2, 0.25) is 0 Å². The van der Waals surface area contributed by atoms with Crippen molar-refractivity contribution in [3.8, 4) is 6.07 Å². The number of nitrogens with zero attached hydrogens (tertiary/aromatic N) is 2. The third-order valence-electron chi connectivity index (χ3n) is 2.24. The fourth-order valence-corrected chi connectivity index (χ4v) is 2.88. The van der Waals surface area contributed by atoms with Gasteiger partial charge in [0.1, 0.15) is 6.07 Å². The number of oxime groups is 1. The summed E-state index contributed by atoms with van der Waals surface area (Å²) in [5.74, 6) is 0. The molecule has 10 heteroatoms. The van der Waals surface area contributed by atoms with Gasteiger partial charge in [0.25, 0.3) is 5.45 Å². The summed E-state index contributed by atoms with van der Waals surface area (Å²) < 4.78 is 22.2. The Kier molecular flexibility index (Phi) is 7.72. The number of carbonyl (C=O) groups excluding carboxylic acids is 1. The third-order valence-corrected chi connectivity index (χ3v) is 4.38. The molecule has 23 heavy (non-hydrogen) atoms. The van der Waals surface area contributed by atoms with Crippen LogP contribution >= 0.6 is 19.2 Å². The quantitative estimate of drug-likeness (QED) is 0.341. The number of halogens is 1. The molecule has 0 heterocycles. The first-order valence-electron chi connectivity index (χ1n) is 6.56. The fourth-order valence-electron chi connectivity index (χ4n) is 1.42. The summed E-state index contributed by atoms with van der Waals surface area (Å²) in [6.07, 6.45) is -0.987. The molecule has 0 saturated heterocycles. The van der Waals surface area contributed by atoms with E-state index in [-0.39, 0.29) is 13.2 Å². The van der Waals surface area contributed by atoms with Gasteiger partial charge in [0, 0.05) is 10.7 Å². The summed E-state index contributed by atoms with van der Waals surface area (Å²) in [5.41, 5.74) is -0.281. The Hall–Kier alpha value is -1.91. The first kappa shape index (κ1) is 19.1. The molecule has 1 amide bonds. The monoisotopic (exact) mass is 359 g/mol. The summed E-state index contributed by atoms with van der Waals surface area (Å²) in [4.78, 5) is 16.1. The van der Waals surface area contributed by atoms with Gasteiger partial charge in [0.15, 0.2) is 0 Å². The molecule has 8 nitrogen and oxygen atoms in total. The van der Waals surface area contributed by atoms with Crippen molar-refractivity contribution in [1.82, 2.24) is 0 Å². The highest BCUT2D eigenvalue weighted by molar-refractivity contribution is 7.73. The Morgan fingerprint density at radius 3 is 2.57 bits per heavy atom. The van der Waals surface area contributed by atoms with Crippen molar-refractivity contribution in [1.29, 1.82) is 5.26 Å². The Morgan fingerprint density at radius 1 is 1.39 bits per heavy atom. The molecule has 0 bridgehead atoms. The molecular formula is C13H15ClN3O5P. The predicted molar refractivity (Wildman–Crippen MR) is 85.5 cm³/mol. The van der Waals surface area contributed by atoms with Crippen LogP contribution in [0.15, 0.2) is 29.4 Å². The summed E-state index contributed by atoms with van der Waals surface area (Å²) in [6, 6.07) is 7.87. The van der Waals surface area contributed by atoms with Crippen molar-refractivity contribution in [2.75, 3.05) is 18.5 Å². The number of anilines is 1. The number of nitriles is 1. The van der Waals surface area contributed by atoms with E-state index >= 15 is 0 Å². The van der Waals surface area contributed by atoms with E-state index in [2.05, 4.69) is 15.3 Å². The Balaban J connectivity index is 2.81. The lowest BCUT2D eigenvalue weighted by Gasteiger charge is -2.13. The molecule has 0 radical (unpaired) electrons. The number of amides is 1. The molecule has 1 aromatic carbocycles. The highest BCUT2D eigenvalue weighted by Crippen LogP contribution is 2.49. The Morgan fingerprint density at radius 2 is 2.04 bits per heavy atom.